The number of nitrogens with one attached hydrogen (secondary N) is 2. The van der Waals surface area contributed by atoms with Crippen LogP contribution in [0.2, 0.25) is 0 Å². The van der Waals surface area contributed by atoms with Crippen LogP contribution in [0.4, 0.5) is 0 Å². The highest BCUT2D eigenvalue weighted by Crippen LogP contribution is 2.24. The van der Waals surface area contributed by atoms with Gasteiger partial charge in [-0.3, -0.25) is 19.2 Å². The largest absolute Gasteiger partial charge is 0.480 e. The molecule has 0 unspecified atom stereocenters. The molecule has 13 heteroatoms. The van der Waals surface area contributed by atoms with E-state index in [9.17, 15) is 34.2 Å². The van der Waals surface area contributed by atoms with E-state index in [4.69, 9.17) is 16.2 Å². The molecular weight excluding hydrogens is 438 g/mol. The van der Waals surface area contributed by atoms with E-state index in [1.165, 1.54) is 25.9 Å². The number of likely N-dealkylation sites (tertiary alicyclic amines) is 1. The molecule has 1 saturated heterocycles. The van der Waals surface area contributed by atoms with Crippen LogP contribution >= 0.6 is 0 Å². The Hall–Kier alpha value is -2.77. The minimum atomic E-state index is -1.32. The van der Waals surface area contributed by atoms with E-state index < -0.39 is 66.0 Å². The standard InChI is InChI=1S/C20H35N5O8/c1-10(21)18(29)24-17(11(2)26)19(30)25-8-4-5-14(33-3)13(25)9-16(28)23-12(20(31)32)6-7-15(22)27/h10-14,17,26H,4-9,21H2,1-3H3,(H2,22,27)(H,23,28)(H,24,29)(H,31,32)/t10-,11-,12-,13-,14-,17-/m0/s1. The predicted molar refractivity (Wildman–Crippen MR) is 115 cm³/mol. The summed E-state index contributed by atoms with van der Waals surface area (Å²) < 4.78 is 5.45. The Balaban J connectivity index is 3.03. The Labute approximate surface area is 192 Å². The highest BCUT2D eigenvalue weighted by Gasteiger charge is 2.40. The lowest BCUT2D eigenvalue weighted by Crippen LogP contribution is -2.61. The lowest BCUT2D eigenvalue weighted by Gasteiger charge is -2.42. The summed E-state index contributed by atoms with van der Waals surface area (Å²) in [6, 6.07) is -4.28. The van der Waals surface area contributed by atoms with Crippen molar-refractivity contribution in [1.82, 2.24) is 15.5 Å². The molecular formula is C20H35N5O8. The van der Waals surface area contributed by atoms with Gasteiger partial charge in [-0.15, -0.1) is 0 Å². The predicted octanol–water partition coefficient (Wildman–Crippen LogP) is -2.57. The van der Waals surface area contributed by atoms with Crippen molar-refractivity contribution >= 4 is 29.6 Å². The molecule has 0 bridgehead atoms. The van der Waals surface area contributed by atoms with E-state index in [1.54, 1.807) is 0 Å². The third kappa shape index (κ3) is 8.59. The molecule has 1 rings (SSSR count). The van der Waals surface area contributed by atoms with Crippen LogP contribution in [0, 0.1) is 0 Å². The number of aliphatic hydroxyl groups is 1. The lowest BCUT2D eigenvalue weighted by atomic mass is 9.93. The second-order valence-corrected chi connectivity index (χ2v) is 8.20. The van der Waals surface area contributed by atoms with Crippen molar-refractivity contribution in [2.45, 2.75) is 82.3 Å². The number of amides is 4. The Kier molecular flexibility index (Phi) is 11.2. The molecule has 1 heterocycles. The number of carboxylic acids is 1. The summed E-state index contributed by atoms with van der Waals surface area (Å²) in [6.07, 6.45) is -1.32. The van der Waals surface area contributed by atoms with Gasteiger partial charge in [-0.05, 0) is 33.1 Å². The number of aliphatic hydroxyl groups excluding tert-OH is 1. The first-order chi connectivity index (χ1) is 15.4. The van der Waals surface area contributed by atoms with Gasteiger partial charge in [-0.25, -0.2) is 4.79 Å². The molecule has 0 spiro atoms. The SMILES string of the molecule is CO[C@H]1CCCN(C(=O)[C@@H](NC(=O)[C@H](C)N)[C@H](C)O)[C@H]1CC(=O)N[C@@H](CCC(N)=O)C(=O)O. The number of hydrogen-bond acceptors (Lipinski definition) is 8. The summed E-state index contributed by atoms with van der Waals surface area (Å²) >= 11 is 0. The van der Waals surface area contributed by atoms with Gasteiger partial charge in [0.05, 0.1) is 24.3 Å². The highest BCUT2D eigenvalue weighted by atomic mass is 16.5. The number of carbonyl (C=O) groups excluding carboxylic acids is 4. The second-order valence-electron chi connectivity index (χ2n) is 8.20. The van der Waals surface area contributed by atoms with Crippen LogP contribution < -0.4 is 22.1 Å². The number of primary amides is 1. The summed E-state index contributed by atoms with van der Waals surface area (Å²) in [6.45, 7) is 3.03. The molecule has 0 radical (unpaired) electrons. The zero-order valence-electron chi connectivity index (χ0n) is 19.2. The van der Waals surface area contributed by atoms with Crippen molar-refractivity contribution in [2.75, 3.05) is 13.7 Å². The first kappa shape index (κ1) is 28.3. The molecule has 4 amide bonds. The first-order valence-corrected chi connectivity index (χ1v) is 10.8. The summed E-state index contributed by atoms with van der Waals surface area (Å²) in [5, 5.41) is 24.2. The molecule has 6 atom stereocenters. The van der Waals surface area contributed by atoms with Crippen LogP contribution in [0.15, 0.2) is 0 Å². The van der Waals surface area contributed by atoms with Crippen LogP contribution in [-0.4, -0.2) is 94.7 Å². The molecule has 33 heavy (non-hydrogen) atoms. The number of carbonyl (C=O) groups is 5. The number of nitrogens with two attached hydrogens (primary N) is 2. The maximum Gasteiger partial charge on any atom is 0.326 e. The lowest BCUT2D eigenvalue weighted by molar-refractivity contribution is -0.149. The fraction of sp³-hybridized carbons (Fsp3) is 0.750. The Morgan fingerprint density at radius 1 is 1.18 bits per heavy atom. The van der Waals surface area contributed by atoms with Crippen molar-refractivity contribution in [3.8, 4) is 0 Å². The highest BCUT2D eigenvalue weighted by molar-refractivity contribution is 5.91. The fourth-order valence-corrected chi connectivity index (χ4v) is 3.65. The molecule has 8 N–H and O–H groups in total. The van der Waals surface area contributed by atoms with E-state index in [1.807, 2.05) is 0 Å². The number of carboxylic acid groups (broad SMARTS) is 1. The number of hydrogen-bond donors (Lipinski definition) is 6. The third-order valence-corrected chi connectivity index (χ3v) is 5.47. The summed E-state index contributed by atoms with van der Waals surface area (Å²) in [5.74, 6) is -3.91. The molecule has 1 fully saturated rings. The third-order valence-electron chi connectivity index (χ3n) is 5.47. The number of aliphatic carboxylic acids is 1. The molecule has 1 aliphatic rings. The van der Waals surface area contributed by atoms with E-state index in [2.05, 4.69) is 10.6 Å². The van der Waals surface area contributed by atoms with Gasteiger partial charge in [0, 0.05) is 26.5 Å². The van der Waals surface area contributed by atoms with Gasteiger partial charge in [0.15, 0.2) is 0 Å². The number of nitrogens with zero attached hydrogens (tertiary/aromatic N) is 1. The molecule has 0 aromatic heterocycles. The summed E-state index contributed by atoms with van der Waals surface area (Å²) in [4.78, 5) is 61.7. The number of piperidine rings is 1. The van der Waals surface area contributed by atoms with Crippen LogP contribution in [0.3, 0.4) is 0 Å². The maximum absolute atomic E-state index is 13.2. The van der Waals surface area contributed by atoms with Gasteiger partial charge in [0.1, 0.15) is 12.1 Å². The Morgan fingerprint density at radius 2 is 1.82 bits per heavy atom. The Morgan fingerprint density at radius 3 is 2.30 bits per heavy atom. The van der Waals surface area contributed by atoms with Crippen molar-refractivity contribution in [3.05, 3.63) is 0 Å². The maximum atomic E-state index is 13.2. The van der Waals surface area contributed by atoms with E-state index >= 15 is 0 Å². The van der Waals surface area contributed by atoms with Gasteiger partial charge >= 0.3 is 5.97 Å². The second kappa shape index (κ2) is 13.1. The molecule has 13 nitrogen and oxygen atoms in total. The summed E-state index contributed by atoms with van der Waals surface area (Å²) in [7, 11) is 1.43. The molecule has 0 aromatic carbocycles. The van der Waals surface area contributed by atoms with E-state index in [-0.39, 0.29) is 25.8 Å². The van der Waals surface area contributed by atoms with Crippen molar-refractivity contribution in [2.24, 2.45) is 11.5 Å². The van der Waals surface area contributed by atoms with E-state index in [0.717, 1.165) is 0 Å². The zero-order valence-corrected chi connectivity index (χ0v) is 19.2. The zero-order chi connectivity index (χ0) is 25.3. The molecule has 188 valence electrons. The Bertz CT molecular complexity index is 729. The van der Waals surface area contributed by atoms with Crippen molar-refractivity contribution < 1.29 is 38.9 Å². The molecule has 0 aliphatic carbocycles. The quantitative estimate of drug-likeness (QED) is 0.175. The van der Waals surface area contributed by atoms with Crippen LogP contribution in [0.5, 0.6) is 0 Å². The number of methoxy groups -OCH3 is 1. The van der Waals surface area contributed by atoms with Gasteiger partial charge < -0.3 is 42.0 Å². The normalized spacial score (nSPS) is 21.9. The van der Waals surface area contributed by atoms with Gasteiger partial charge in [0.25, 0.3) is 0 Å². The van der Waals surface area contributed by atoms with Crippen LogP contribution in [0.1, 0.15) is 46.0 Å². The van der Waals surface area contributed by atoms with E-state index in [0.29, 0.717) is 12.8 Å². The smallest absolute Gasteiger partial charge is 0.326 e. The van der Waals surface area contributed by atoms with Crippen LogP contribution in [0.25, 0.3) is 0 Å². The number of ether oxygens (including phenoxy) is 1. The average molecular weight is 474 g/mol. The number of rotatable bonds is 12. The van der Waals surface area contributed by atoms with Gasteiger partial charge in [0.2, 0.25) is 23.6 Å². The first-order valence-electron chi connectivity index (χ1n) is 10.8. The fourth-order valence-electron chi connectivity index (χ4n) is 3.65. The topological polar surface area (TPSA) is 214 Å². The summed E-state index contributed by atoms with van der Waals surface area (Å²) in [5.41, 5.74) is 10.6. The average Bonchev–Trinajstić information content (AvgIpc) is 2.73. The minimum Gasteiger partial charge on any atom is -0.480 e. The molecule has 0 saturated carbocycles. The van der Waals surface area contributed by atoms with Gasteiger partial charge in [-0.1, -0.05) is 0 Å². The van der Waals surface area contributed by atoms with Crippen LogP contribution in [-0.2, 0) is 28.7 Å². The minimum absolute atomic E-state index is 0.176. The van der Waals surface area contributed by atoms with Crippen molar-refractivity contribution in [3.63, 3.8) is 0 Å². The van der Waals surface area contributed by atoms with Crippen molar-refractivity contribution in [1.29, 1.82) is 0 Å². The monoisotopic (exact) mass is 473 g/mol. The molecule has 1 aliphatic heterocycles. The molecule has 0 aromatic rings. The van der Waals surface area contributed by atoms with Gasteiger partial charge in [-0.2, -0.15) is 0 Å².